The highest BCUT2D eigenvalue weighted by atomic mass is 32.2. The number of hydrogen-bond acceptors (Lipinski definition) is 5. The van der Waals surface area contributed by atoms with E-state index in [2.05, 4.69) is 5.32 Å². The lowest BCUT2D eigenvalue weighted by molar-refractivity contribution is -0.141. The molecule has 1 saturated heterocycles. The number of hydrogen-bond donors (Lipinski definition) is 2. The molecule has 0 aromatic heterocycles. The maximum absolute atomic E-state index is 12.5. The van der Waals surface area contributed by atoms with Gasteiger partial charge in [-0.25, -0.2) is 0 Å². The Hall–Kier alpha value is -1.73. The summed E-state index contributed by atoms with van der Waals surface area (Å²) in [4.78, 5) is 24.7. The summed E-state index contributed by atoms with van der Waals surface area (Å²) in [6, 6.07) is 7.48. The zero-order valence-corrected chi connectivity index (χ0v) is 14.7. The molecule has 2 rings (SSSR count). The predicted molar refractivity (Wildman–Crippen MR) is 91.5 cm³/mol. The highest BCUT2D eigenvalue weighted by molar-refractivity contribution is 7.98. The van der Waals surface area contributed by atoms with Gasteiger partial charge in [-0.3, -0.25) is 9.59 Å². The van der Waals surface area contributed by atoms with E-state index in [1.807, 2.05) is 30.5 Å². The maximum Gasteiger partial charge on any atom is 0.305 e. The summed E-state index contributed by atoms with van der Waals surface area (Å²) < 4.78 is 11.0. The van der Waals surface area contributed by atoms with Crippen molar-refractivity contribution in [2.45, 2.75) is 42.7 Å². The molecule has 1 atom stereocenters. The number of nitrogens with one attached hydrogen (secondary N) is 1. The lowest BCUT2D eigenvalue weighted by Crippen LogP contribution is -2.56. The molecule has 7 heteroatoms. The number of carbonyl (C=O) groups is 2. The third-order valence-corrected chi connectivity index (χ3v) is 4.81. The van der Waals surface area contributed by atoms with Crippen LogP contribution in [0.25, 0.3) is 0 Å². The Balaban J connectivity index is 1.98. The van der Waals surface area contributed by atoms with Crippen LogP contribution in [0.2, 0.25) is 0 Å². The molecule has 1 aliphatic rings. The number of ether oxygens (including phenoxy) is 2. The van der Waals surface area contributed by atoms with Gasteiger partial charge < -0.3 is 19.9 Å². The van der Waals surface area contributed by atoms with Crippen LogP contribution in [0.3, 0.4) is 0 Å². The highest BCUT2D eigenvalue weighted by Crippen LogP contribution is 2.25. The van der Waals surface area contributed by atoms with Gasteiger partial charge in [0.25, 0.3) is 5.91 Å². The highest BCUT2D eigenvalue weighted by Gasteiger charge is 2.37. The molecule has 1 aromatic rings. The molecule has 0 radical (unpaired) electrons. The Bertz CT molecular complexity index is 569. The van der Waals surface area contributed by atoms with E-state index in [-0.39, 0.29) is 12.3 Å². The fraction of sp³-hybridized carbons (Fsp3) is 0.529. The normalized spacial score (nSPS) is 17.8. The minimum Gasteiger partial charge on any atom is -0.481 e. The largest absolute Gasteiger partial charge is 0.481 e. The zero-order chi connectivity index (χ0) is 17.6. The first-order valence-electron chi connectivity index (χ1n) is 7.86. The van der Waals surface area contributed by atoms with Gasteiger partial charge in [0.15, 0.2) is 6.10 Å². The lowest BCUT2D eigenvalue weighted by Gasteiger charge is -2.37. The van der Waals surface area contributed by atoms with Crippen LogP contribution >= 0.6 is 11.8 Å². The fourth-order valence-corrected chi connectivity index (χ4v) is 3.08. The standard InChI is InChI=1S/C17H23NO5S/c1-12(23-13-3-5-14(24-2)6-4-13)16(21)18-17(11-15(19)20)7-9-22-10-8-17/h3-6,12H,7-11H2,1-2H3,(H,18,21)(H,19,20). The predicted octanol–water partition coefficient (Wildman–Crippen LogP) is 2.32. The van der Waals surface area contributed by atoms with Crippen LogP contribution in [0.15, 0.2) is 29.2 Å². The number of amides is 1. The van der Waals surface area contributed by atoms with Gasteiger partial charge >= 0.3 is 5.97 Å². The molecule has 1 heterocycles. The minimum absolute atomic E-state index is 0.114. The first-order chi connectivity index (χ1) is 11.4. The summed E-state index contributed by atoms with van der Waals surface area (Å²) in [6.45, 7) is 2.55. The van der Waals surface area contributed by atoms with Crippen LogP contribution in [0.1, 0.15) is 26.2 Å². The molecule has 0 saturated carbocycles. The van der Waals surface area contributed by atoms with Crippen molar-refractivity contribution in [3.63, 3.8) is 0 Å². The fourth-order valence-electron chi connectivity index (χ4n) is 2.67. The third-order valence-electron chi connectivity index (χ3n) is 4.07. The number of rotatable bonds is 7. The van der Waals surface area contributed by atoms with Crippen molar-refractivity contribution in [2.75, 3.05) is 19.5 Å². The molecule has 6 nitrogen and oxygen atoms in total. The molecular weight excluding hydrogens is 330 g/mol. The molecule has 0 aliphatic carbocycles. The van der Waals surface area contributed by atoms with Crippen molar-refractivity contribution in [1.82, 2.24) is 5.32 Å². The summed E-state index contributed by atoms with van der Waals surface area (Å²) in [5.41, 5.74) is -0.762. The van der Waals surface area contributed by atoms with Gasteiger partial charge in [-0.15, -0.1) is 11.8 Å². The average molecular weight is 353 g/mol. The smallest absolute Gasteiger partial charge is 0.305 e. The number of carboxylic acid groups (broad SMARTS) is 1. The van der Waals surface area contributed by atoms with Crippen molar-refractivity contribution in [3.8, 4) is 5.75 Å². The summed E-state index contributed by atoms with van der Waals surface area (Å²) in [6.07, 6.45) is 2.14. The van der Waals surface area contributed by atoms with Crippen LogP contribution < -0.4 is 10.1 Å². The maximum atomic E-state index is 12.5. The van der Waals surface area contributed by atoms with Crippen molar-refractivity contribution < 1.29 is 24.2 Å². The van der Waals surface area contributed by atoms with Crippen molar-refractivity contribution in [2.24, 2.45) is 0 Å². The van der Waals surface area contributed by atoms with Gasteiger partial charge in [0.1, 0.15) is 5.75 Å². The number of aliphatic carboxylic acids is 1. The van der Waals surface area contributed by atoms with Gasteiger partial charge in [0, 0.05) is 18.1 Å². The Morgan fingerprint density at radius 1 is 1.33 bits per heavy atom. The molecule has 0 bridgehead atoms. The van der Waals surface area contributed by atoms with E-state index >= 15 is 0 Å². The van der Waals surface area contributed by atoms with Gasteiger partial charge in [-0.2, -0.15) is 0 Å². The van der Waals surface area contributed by atoms with E-state index in [1.54, 1.807) is 18.7 Å². The zero-order valence-electron chi connectivity index (χ0n) is 13.9. The monoisotopic (exact) mass is 353 g/mol. The molecule has 24 heavy (non-hydrogen) atoms. The Kier molecular flexibility index (Phi) is 6.51. The molecule has 2 N–H and O–H groups in total. The van der Waals surface area contributed by atoms with Crippen LogP contribution in [0.5, 0.6) is 5.75 Å². The summed E-state index contributed by atoms with van der Waals surface area (Å²) in [7, 11) is 0. The number of carboxylic acids is 1. The Labute approximate surface area is 145 Å². The third kappa shape index (κ3) is 5.14. The molecule has 1 aliphatic heterocycles. The van der Waals surface area contributed by atoms with Gasteiger partial charge in [0.2, 0.25) is 0 Å². The molecular formula is C17H23NO5S. The molecule has 1 unspecified atom stereocenters. The van der Waals surface area contributed by atoms with E-state index < -0.39 is 17.6 Å². The van der Waals surface area contributed by atoms with Gasteiger partial charge in [-0.1, -0.05) is 0 Å². The summed E-state index contributed by atoms with van der Waals surface area (Å²) >= 11 is 1.63. The molecule has 1 amide bonds. The average Bonchev–Trinajstić information content (AvgIpc) is 2.55. The molecule has 1 fully saturated rings. The number of benzene rings is 1. The first kappa shape index (κ1) is 18.6. The molecule has 1 aromatic carbocycles. The molecule has 132 valence electrons. The van der Waals surface area contributed by atoms with Gasteiger partial charge in [0.05, 0.1) is 12.0 Å². The Morgan fingerprint density at radius 2 is 1.96 bits per heavy atom. The minimum atomic E-state index is -0.932. The van der Waals surface area contributed by atoms with Crippen LogP contribution in [-0.4, -0.2) is 48.1 Å². The van der Waals surface area contributed by atoms with Gasteiger partial charge in [-0.05, 0) is 50.3 Å². The second-order valence-electron chi connectivity index (χ2n) is 5.89. The van der Waals surface area contributed by atoms with Crippen molar-refractivity contribution in [3.05, 3.63) is 24.3 Å². The van der Waals surface area contributed by atoms with E-state index in [0.29, 0.717) is 31.8 Å². The second-order valence-corrected chi connectivity index (χ2v) is 6.77. The van der Waals surface area contributed by atoms with Crippen LogP contribution in [0.4, 0.5) is 0 Å². The van der Waals surface area contributed by atoms with Crippen molar-refractivity contribution in [1.29, 1.82) is 0 Å². The Morgan fingerprint density at radius 3 is 2.50 bits per heavy atom. The van der Waals surface area contributed by atoms with E-state index in [4.69, 9.17) is 14.6 Å². The van der Waals surface area contributed by atoms with E-state index in [9.17, 15) is 9.59 Å². The lowest BCUT2D eigenvalue weighted by atomic mass is 9.86. The van der Waals surface area contributed by atoms with Crippen LogP contribution in [0, 0.1) is 0 Å². The summed E-state index contributed by atoms with van der Waals surface area (Å²) in [5.74, 6) is -0.639. The topological polar surface area (TPSA) is 84.9 Å². The number of carbonyl (C=O) groups excluding carboxylic acids is 1. The van der Waals surface area contributed by atoms with E-state index in [1.165, 1.54) is 0 Å². The second kappa shape index (κ2) is 8.39. The van der Waals surface area contributed by atoms with Crippen molar-refractivity contribution >= 4 is 23.6 Å². The van der Waals surface area contributed by atoms with E-state index in [0.717, 1.165) is 4.90 Å². The summed E-state index contributed by atoms with van der Waals surface area (Å²) in [5, 5.41) is 12.0. The molecule has 0 spiro atoms. The number of thioether (sulfide) groups is 1. The quantitative estimate of drug-likeness (QED) is 0.732. The van der Waals surface area contributed by atoms with Crippen LogP contribution in [-0.2, 0) is 14.3 Å². The SMILES string of the molecule is CSc1ccc(OC(C)C(=O)NC2(CC(=O)O)CCOCC2)cc1. The first-order valence-corrected chi connectivity index (χ1v) is 9.09.